The van der Waals surface area contributed by atoms with Crippen molar-refractivity contribution in [1.82, 2.24) is 9.80 Å². The van der Waals surface area contributed by atoms with Gasteiger partial charge in [0.05, 0.1) is 10.0 Å². The number of aliphatic carboxylic acids is 1. The summed E-state index contributed by atoms with van der Waals surface area (Å²) in [5.74, 6) is 0.317. The summed E-state index contributed by atoms with van der Waals surface area (Å²) in [4.78, 5) is 16.4. The molecule has 0 unspecified atom stereocenters. The van der Waals surface area contributed by atoms with Crippen molar-refractivity contribution in [2.75, 3.05) is 32.7 Å². The molecule has 2 aliphatic rings. The van der Waals surface area contributed by atoms with Gasteiger partial charge in [-0.15, -0.1) is 0 Å². The lowest BCUT2D eigenvalue weighted by molar-refractivity contribution is -0.149. The lowest BCUT2D eigenvalue weighted by Gasteiger charge is -2.40. The second-order valence-corrected chi connectivity index (χ2v) is 10.1. The van der Waals surface area contributed by atoms with Crippen molar-refractivity contribution in [2.24, 2.45) is 5.92 Å². The Kier molecular flexibility index (Phi) is 8.72. The average molecular weight is 507 g/mol. The molecule has 0 saturated carbocycles. The zero-order chi connectivity index (χ0) is 24.1. The Morgan fingerprint density at radius 2 is 1.65 bits per heavy atom. The van der Waals surface area contributed by atoms with Gasteiger partial charge in [-0.25, -0.2) is 0 Å². The highest BCUT2D eigenvalue weighted by atomic mass is 35.5. The molecule has 2 N–H and O–H groups in total. The highest BCUT2D eigenvalue weighted by Gasteiger charge is 2.36. The van der Waals surface area contributed by atoms with Gasteiger partial charge in [0.25, 0.3) is 0 Å². The van der Waals surface area contributed by atoms with E-state index in [9.17, 15) is 15.0 Å². The van der Waals surface area contributed by atoms with E-state index in [0.29, 0.717) is 34.6 Å². The number of halogens is 2. The van der Waals surface area contributed by atoms with Gasteiger partial charge in [0.2, 0.25) is 0 Å². The van der Waals surface area contributed by atoms with Gasteiger partial charge in [-0.3, -0.25) is 9.69 Å². The lowest BCUT2D eigenvalue weighted by Crippen LogP contribution is -2.50. The molecule has 4 rings (SSSR count). The third-order valence-electron chi connectivity index (χ3n) is 6.98. The topological polar surface area (TPSA) is 73.2 Å². The minimum atomic E-state index is -1.04. The quantitative estimate of drug-likeness (QED) is 0.538. The maximum atomic E-state index is 12.0. The number of carboxylic acid groups (broad SMARTS) is 1. The van der Waals surface area contributed by atoms with Gasteiger partial charge in [-0.2, -0.15) is 0 Å². The van der Waals surface area contributed by atoms with Crippen LogP contribution in [0, 0.1) is 5.92 Å². The average Bonchev–Trinajstić information content (AvgIpc) is 2.84. The van der Waals surface area contributed by atoms with Crippen LogP contribution in [0.3, 0.4) is 0 Å². The number of hydrogen-bond acceptors (Lipinski definition) is 5. The largest absolute Gasteiger partial charge is 0.490 e. The highest BCUT2D eigenvalue weighted by molar-refractivity contribution is 6.42. The lowest BCUT2D eigenvalue weighted by atomic mass is 9.92. The summed E-state index contributed by atoms with van der Waals surface area (Å²) < 4.78 is 6.10. The van der Waals surface area contributed by atoms with Crippen LogP contribution in [0.5, 0.6) is 5.75 Å². The number of ether oxygens (including phenoxy) is 1. The third-order valence-corrected chi connectivity index (χ3v) is 7.72. The molecule has 2 aliphatic heterocycles. The van der Waals surface area contributed by atoms with Gasteiger partial charge in [0.1, 0.15) is 24.0 Å². The van der Waals surface area contributed by atoms with Crippen LogP contribution in [0.2, 0.25) is 10.0 Å². The fourth-order valence-corrected chi connectivity index (χ4v) is 5.34. The molecule has 2 aromatic rings. The number of piperidine rings is 2. The van der Waals surface area contributed by atoms with Gasteiger partial charge in [0, 0.05) is 25.7 Å². The normalized spacial score (nSPS) is 20.7. The van der Waals surface area contributed by atoms with Gasteiger partial charge < -0.3 is 19.8 Å². The van der Waals surface area contributed by atoms with E-state index in [1.807, 2.05) is 29.2 Å². The Morgan fingerprint density at radius 1 is 0.971 bits per heavy atom. The number of hydrogen-bond donors (Lipinski definition) is 2. The summed E-state index contributed by atoms with van der Waals surface area (Å²) in [6, 6.07) is 13.5. The first-order chi connectivity index (χ1) is 16.4. The van der Waals surface area contributed by atoms with E-state index >= 15 is 0 Å². The molecule has 34 heavy (non-hydrogen) atoms. The zero-order valence-corrected chi connectivity index (χ0v) is 20.7. The second kappa shape index (κ2) is 11.7. The molecule has 0 aromatic heterocycles. The molecule has 0 bridgehead atoms. The number of benzene rings is 2. The van der Waals surface area contributed by atoms with E-state index < -0.39 is 18.1 Å². The van der Waals surface area contributed by atoms with Crippen molar-refractivity contribution >= 4 is 29.2 Å². The van der Waals surface area contributed by atoms with Crippen molar-refractivity contribution in [3.05, 3.63) is 64.1 Å². The Hall–Kier alpha value is -1.83. The van der Waals surface area contributed by atoms with E-state index in [4.69, 9.17) is 27.9 Å². The summed E-state index contributed by atoms with van der Waals surface area (Å²) >= 11 is 12.1. The fourth-order valence-electron chi connectivity index (χ4n) is 5.05. The molecule has 0 aliphatic carbocycles. The number of carboxylic acids is 1. The minimum absolute atomic E-state index is 0.172. The van der Waals surface area contributed by atoms with E-state index in [1.165, 1.54) is 0 Å². The number of aliphatic hydroxyl groups excluding tert-OH is 1. The third kappa shape index (κ3) is 6.43. The summed E-state index contributed by atoms with van der Waals surface area (Å²) in [5.41, 5.74) is 0.642. The number of carbonyl (C=O) groups is 1. The zero-order valence-electron chi connectivity index (χ0n) is 19.2. The van der Waals surface area contributed by atoms with Crippen LogP contribution in [-0.2, 0) is 4.79 Å². The number of aliphatic hydroxyl groups is 1. The highest BCUT2D eigenvalue weighted by Crippen LogP contribution is 2.30. The van der Waals surface area contributed by atoms with Gasteiger partial charge >= 0.3 is 5.97 Å². The SMILES string of the molecule is O=C(O)[C@H]([C@H](O)c1ccccc1)N1CCC(CN2CCC(Oc3ccc(Cl)c(Cl)c3)CC2)CC1. The molecule has 2 atom stereocenters. The Morgan fingerprint density at radius 3 is 2.26 bits per heavy atom. The van der Waals surface area contributed by atoms with E-state index in [-0.39, 0.29) is 6.10 Å². The molecular weight excluding hydrogens is 475 g/mol. The van der Waals surface area contributed by atoms with Gasteiger partial charge in [-0.1, -0.05) is 53.5 Å². The number of likely N-dealkylation sites (tertiary alicyclic amines) is 2. The molecule has 2 fully saturated rings. The van der Waals surface area contributed by atoms with E-state index in [2.05, 4.69) is 4.90 Å². The van der Waals surface area contributed by atoms with Crippen LogP contribution < -0.4 is 4.74 Å². The van der Waals surface area contributed by atoms with Crippen molar-refractivity contribution in [2.45, 2.75) is 43.9 Å². The first kappa shape index (κ1) is 25.3. The van der Waals surface area contributed by atoms with Gasteiger partial charge in [0.15, 0.2) is 0 Å². The van der Waals surface area contributed by atoms with E-state index in [0.717, 1.165) is 51.1 Å². The first-order valence-electron chi connectivity index (χ1n) is 11.9. The Bertz CT molecular complexity index is 945. The van der Waals surface area contributed by atoms with Gasteiger partial charge in [-0.05, 0) is 62.4 Å². The molecule has 6 nitrogen and oxygen atoms in total. The molecule has 2 saturated heterocycles. The maximum Gasteiger partial charge on any atom is 0.324 e. The number of rotatable bonds is 8. The molecule has 184 valence electrons. The monoisotopic (exact) mass is 506 g/mol. The molecular formula is C26H32Cl2N2O4. The maximum absolute atomic E-state index is 12.0. The van der Waals surface area contributed by atoms with E-state index in [1.54, 1.807) is 24.3 Å². The van der Waals surface area contributed by atoms with Crippen molar-refractivity contribution < 1.29 is 19.7 Å². The van der Waals surface area contributed by atoms with Crippen molar-refractivity contribution in [3.63, 3.8) is 0 Å². The van der Waals surface area contributed by atoms with Crippen LogP contribution in [0.15, 0.2) is 48.5 Å². The summed E-state index contributed by atoms with van der Waals surface area (Å²) in [6.07, 6.45) is 2.93. The van der Waals surface area contributed by atoms with Crippen LogP contribution in [0.1, 0.15) is 37.4 Å². The molecule has 8 heteroatoms. The Balaban J connectivity index is 1.22. The van der Waals surface area contributed by atoms with Crippen LogP contribution >= 0.6 is 23.2 Å². The molecule has 0 amide bonds. The summed E-state index contributed by atoms with van der Waals surface area (Å²) in [5, 5.41) is 21.6. The molecule has 2 heterocycles. The predicted octanol–water partition coefficient (Wildman–Crippen LogP) is 4.74. The Labute approximate surface area is 211 Å². The van der Waals surface area contributed by atoms with Crippen molar-refractivity contribution in [1.29, 1.82) is 0 Å². The fraction of sp³-hybridized carbons (Fsp3) is 0.500. The van der Waals surface area contributed by atoms with Crippen LogP contribution in [-0.4, -0.2) is 70.9 Å². The standard InChI is InChI=1S/C26H32Cl2N2O4/c27-22-7-6-21(16-23(22)28)34-20-10-12-29(13-11-20)17-18-8-14-30(15-9-18)24(26(32)33)25(31)19-4-2-1-3-5-19/h1-7,16,18,20,24-25,31H,8-15,17H2,(H,32,33)/t24-,25+/m0/s1. The van der Waals surface area contributed by atoms with Crippen molar-refractivity contribution in [3.8, 4) is 5.75 Å². The first-order valence-corrected chi connectivity index (χ1v) is 12.7. The van der Waals surface area contributed by atoms with Crippen LogP contribution in [0.25, 0.3) is 0 Å². The second-order valence-electron chi connectivity index (χ2n) is 9.31. The summed E-state index contributed by atoms with van der Waals surface area (Å²) in [6.45, 7) is 4.35. The molecule has 0 spiro atoms. The van der Waals surface area contributed by atoms with Crippen LogP contribution in [0.4, 0.5) is 0 Å². The molecule has 0 radical (unpaired) electrons. The molecule has 2 aromatic carbocycles. The number of nitrogens with zero attached hydrogens (tertiary/aromatic N) is 2. The summed E-state index contributed by atoms with van der Waals surface area (Å²) in [7, 11) is 0. The predicted molar refractivity (Wildman–Crippen MR) is 134 cm³/mol. The smallest absolute Gasteiger partial charge is 0.324 e. The minimum Gasteiger partial charge on any atom is -0.490 e.